The van der Waals surface area contributed by atoms with Crippen LogP contribution in [0.25, 0.3) is 0 Å². The minimum atomic E-state index is 0.225. The third kappa shape index (κ3) is 2.47. The topological polar surface area (TPSA) is 32.3 Å². The molecule has 1 aromatic carbocycles. The lowest BCUT2D eigenvalue weighted by atomic mass is 9.94. The maximum absolute atomic E-state index is 12.9. The van der Waals surface area contributed by atoms with Crippen LogP contribution in [-0.4, -0.2) is 40.9 Å². The number of hydrogen-bond acceptors (Lipinski definition) is 3. The quantitative estimate of drug-likeness (QED) is 0.861. The molecule has 20 heavy (non-hydrogen) atoms. The van der Waals surface area contributed by atoms with Gasteiger partial charge in [0, 0.05) is 35.7 Å². The molecule has 0 bridgehead atoms. The number of nitrogens with one attached hydrogen (secondary N) is 1. The number of rotatable bonds is 1. The summed E-state index contributed by atoms with van der Waals surface area (Å²) in [6.45, 7) is 7.12. The summed E-state index contributed by atoms with van der Waals surface area (Å²) in [5.41, 5.74) is 3.47. The molecule has 3 rings (SSSR count). The van der Waals surface area contributed by atoms with Crippen molar-refractivity contribution in [3.63, 3.8) is 0 Å². The zero-order valence-electron chi connectivity index (χ0n) is 12.2. The molecule has 1 N–H and O–H groups in total. The Hall–Kier alpha value is -1.00. The average Bonchev–Trinajstić information content (AvgIpc) is 2.49. The van der Waals surface area contributed by atoms with Gasteiger partial charge in [0.2, 0.25) is 0 Å². The largest absolute Gasteiger partial charge is 0.334 e. The van der Waals surface area contributed by atoms with Crippen LogP contribution in [0.4, 0.5) is 0 Å². The van der Waals surface area contributed by atoms with E-state index in [0.717, 1.165) is 37.4 Å². The highest BCUT2D eigenvalue weighted by molar-refractivity contribution is 8.00. The van der Waals surface area contributed by atoms with Crippen LogP contribution in [0.15, 0.2) is 18.2 Å². The summed E-state index contributed by atoms with van der Waals surface area (Å²) in [6.07, 6.45) is 0.962. The van der Waals surface area contributed by atoms with Crippen molar-refractivity contribution in [1.82, 2.24) is 10.2 Å². The van der Waals surface area contributed by atoms with E-state index in [9.17, 15) is 4.79 Å². The van der Waals surface area contributed by atoms with Gasteiger partial charge >= 0.3 is 0 Å². The summed E-state index contributed by atoms with van der Waals surface area (Å²) >= 11 is 1.97. The van der Waals surface area contributed by atoms with Crippen LogP contribution in [0.3, 0.4) is 0 Å². The summed E-state index contributed by atoms with van der Waals surface area (Å²) in [5, 5.41) is 3.90. The fraction of sp³-hybridized carbons (Fsp3) is 0.562. The predicted molar refractivity (Wildman–Crippen MR) is 84.3 cm³/mol. The molecule has 108 valence electrons. The highest BCUT2D eigenvalue weighted by atomic mass is 32.2. The molecule has 2 aliphatic rings. The smallest absolute Gasteiger partial charge is 0.254 e. The first-order chi connectivity index (χ1) is 9.68. The Morgan fingerprint density at radius 3 is 3.10 bits per heavy atom. The van der Waals surface area contributed by atoms with Crippen LogP contribution in [0, 0.1) is 0 Å². The van der Waals surface area contributed by atoms with Gasteiger partial charge in [-0.1, -0.05) is 19.1 Å². The van der Waals surface area contributed by atoms with Crippen molar-refractivity contribution in [2.24, 2.45) is 0 Å². The van der Waals surface area contributed by atoms with Gasteiger partial charge in [-0.25, -0.2) is 0 Å². The van der Waals surface area contributed by atoms with Crippen molar-refractivity contribution in [3.8, 4) is 0 Å². The van der Waals surface area contributed by atoms with Crippen LogP contribution < -0.4 is 5.32 Å². The monoisotopic (exact) mass is 290 g/mol. The number of hydrogen-bond donors (Lipinski definition) is 1. The second-order valence-corrected chi connectivity index (χ2v) is 7.17. The molecular formula is C16H22N2OS. The first-order valence-electron chi connectivity index (χ1n) is 7.42. The van der Waals surface area contributed by atoms with Crippen molar-refractivity contribution < 1.29 is 4.79 Å². The van der Waals surface area contributed by atoms with Gasteiger partial charge < -0.3 is 10.2 Å². The highest BCUT2D eigenvalue weighted by Crippen LogP contribution is 2.27. The Balaban J connectivity index is 1.91. The van der Waals surface area contributed by atoms with Crippen molar-refractivity contribution in [3.05, 3.63) is 34.9 Å². The van der Waals surface area contributed by atoms with Gasteiger partial charge in [-0.3, -0.25) is 4.79 Å². The summed E-state index contributed by atoms with van der Waals surface area (Å²) < 4.78 is 0. The lowest BCUT2D eigenvalue weighted by Crippen LogP contribution is -2.48. The zero-order valence-corrected chi connectivity index (χ0v) is 13.0. The Bertz CT molecular complexity index is 517. The minimum absolute atomic E-state index is 0.225. The molecule has 2 heterocycles. The maximum Gasteiger partial charge on any atom is 0.254 e. The van der Waals surface area contributed by atoms with Gasteiger partial charge in [-0.05, 0) is 37.1 Å². The van der Waals surface area contributed by atoms with E-state index in [0.29, 0.717) is 11.3 Å². The molecule has 0 radical (unpaired) electrons. The first kappa shape index (κ1) is 14.0. The molecule has 4 heteroatoms. The van der Waals surface area contributed by atoms with Crippen LogP contribution >= 0.6 is 11.8 Å². The molecule has 0 spiro atoms. The van der Waals surface area contributed by atoms with Gasteiger partial charge in [0.1, 0.15) is 0 Å². The number of nitrogens with zero attached hydrogens (tertiary/aromatic N) is 1. The standard InChI is InChI=1S/C16H22N2OS/c1-11-12(2)20-9-8-18(11)16(19)15-5-3-4-13-10-17-7-6-14(13)15/h3-5,11-12,17H,6-10H2,1-2H3. The molecule has 3 nitrogen and oxygen atoms in total. The lowest BCUT2D eigenvalue weighted by Gasteiger charge is -2.38. The number of carbonyl (C=O) groups is 1. The normalized spacial score (nSPS) is 26.2. The number of carbonyl (C=O) groups excluding carboxylic acids is 1. The maximum atomic E-state index is 12.9. The number of fused-ring (bicyclic) bond motifs is 1. The number of amides is 1. The lowest BCUT2D eigenvalue weighted by molar-refractivity contribution is 0.0696. The summed E-state index contributed by atoms with van der Waals surface area (Å²) in [6, 6.07) is 6.48. The van der Waals surface area contributed by atoms with Gasteiger partial charge in [0.25, 0.3) is 5.91 Å². The summed E-state index contributed by atoms with van der Waals surface area (Å²) in [7, 11) is 0. The second kappa shape index (κ2) is 5.78. The van der Waals surface area contributed by atoms with E-state index < -0.39 is 0 Å². The Morgan fingerprint density at radius 1 is 1.40 bits per heavy atom. The second-order valence-electron chi connectivity index (χ2n) is 5.69. The van der Waals surface area contributed by atoms with E-state index in [1.54, 1.807) is 0 Å². The van der Waals surface area contributed by atoms with E-state index in [1.165, 1.54) is 11.1 Å². The van der Waals surface area contributed by atoms with Gasteiger partial charge in [-0.2, -0.15) is 11.8 Å². The van der Waals surface area contributed by atoms with Crippen molar-refractivity contribution in [2.75, 3.05) is 18.8 Å². The fourth-order valence-corrected chi connectivity index (χ4v) is 4.21. The first-order valence-corrected chi connectivity index (χ1v) is 8.47. The van der Waals surface area contributed by atoms with E-state index in [2.05, 4.69) is 30.1 Å². The Kier molecular flexibility index (Phi) is 4.03. The average molecular weight is 290 g/mol. The van der Waals surface area contributed by atoms with Crippen LogP contribution in [0.5, 0.6) is 0 Å². The molecule has 2 unspecified atom stereocenters. The molecule has 0 aliphatic carbocycles. The third-order valence-electron chi connectivity index (χ3n) is 4.52. The van der Waals surface area contributed by atoms with Crippen LogP contribution in [0.2, 0.25) is 0 Å². The predicted octanol–water partition coefficient (Wildman–Crippen LogP) is 2.30. The highest BCUT2D eigenvalue weighted by Gasteiger charge is 2.31. The SMILES string of the molecule is CC1SCCN(C(=O)c2cccc3c2CCNC3)C1C. The zero-order chi connectivity index (χ0) is 14.1. The summed E-state index contributed by atoms with van der Waals surface area (Å²) in [5.74, 6) is 1.27. The molecule has 1 fully saturated rings. The molecule has 2 aliphatic heterocycles. The van der Waals surface area contributed by atoms with E-state index >= 15 is 0 Å². The number of benzene rings is 1. The fourth-order valence-electron chi connectivity index (χ4n) is 3.11. The van der Waals surface area contributed by atoms with E-state index in [4.69, 9.17) is 0 Å². The van der Waals surface area contributed by atoms with Crippen molar-refractivity contribution >= 4 is 17.7 Å². The molecule has 0 saturated carbocycles. The van der Waals surface area contributed by atoms with Crippen molar-refractivity contribution in [2.45, 2.75) is 38.1 Å². The Labute approximate surface area is 125 Å². The van der Waals surface area contributed by atoms with E-state index in [-0.39, 0.29) is 5.91 Å². The minimum Gasteiger partial charge on any atom is -0.334 e. The van der Waals surface area contributed by atoms with Gasteiger partial charge in [-0.15, -0.1) is 0 Å². The molecule has 1 saturated heterocycles. The molecule has 1 amide bonds. The van der Waals surface area contributed by atoms with Crippen molar-refractivity contribution in [1.29, 1.82) is 0 Å². The van der Waals surface area contributed by atoms with Crippen LogP contribution in [-0.2, 0) is 13.0 Å². The molecule has 1 aromatic rings. The van der Waals surface area contributed by atoms with E-state index in [1.807, 2.05) is 23.9 Å². The molecular weight excluding hydrogens is 268 g/mol. The van der Waals surface area contributed by atoms with Gasteiger partial charge in [0.05, 0.1) is 0 Å². The molecule has 0 aromatic heterocycles. The number of thioether (sulfide) groups is 1. The Morgan fingerprint density at radius 2 is 2.25 bits per heavy atom. The third-order valence-corrected chi connectivity index (χ3v) is 5.85. The van der Waals surface area contributed by atoms with Gasteiger partial charge in [0.15, 0.2) is 0 Å². The van der Waals surface area contributed by atoms with Crippen LogP contribution in [0.1, 0.15) is 35.3 Å². The molecule has 2 atom stereocenters. The summed E-state index contributed by atoms with van der Waals surface area (Å²) in [4.78, 5) is 15.0.